The van der Waals surface area contributed by atoms with Gasteiger partial charge in [-0.15, -0.1) is 0 Å². The Morgan fingerprint density at radius 2 is 2.00 bits per heavy atom. The summed E-state index contributed by atoms with van der Waals surface area (Å²) >= 11 is -0.930. The van der Waals surface area contributed by atoms with Gasteiger partial charge in [0.1, 0.15) is 0 Å². The molecule has 0 unspecified atom stereocenters. The zero-order valence-electron chi connectivity index (χ0n) is 6.23. The average molecular weight is 165 g/mol. The van der Waals surface area contributed by atoms with Crippen LogP contribution in [0, 0.1) is 0 Å². The predicted octanol–water partition coefficient (Wildman–Crippen LogP) is 1.65. The molecule has 0 aromatic heterocycles. The topological polar surface area (TPSA) is 26.3 Å². The summed E-state index contributed by atoms with van der Waals surface area (Å²) in [5, 5.41) is 0. The fourth-order valence-electron chi connectivity index (χ4n) is 0.399. The first-order valence-corrected chi connectivity index (χ1v) is 4.79. The van der Waals surface area contributed by atoms with E-state index in [1.807, 2.05) is 20.8 Å². The molecule has 0 N–H and O–H groups in total. The van der Waals surface area contributed by atoms with Gasteiger partial charge in [-0.05, 0) is 0 Å². The first kappa shape index (κ1) is 9.47. The third kappa shape index (κ3) is 8.47. The minimum absolute atomic E-state index is 0.0681. The van der Waals surface area contributed by atoms with Crippen molar-refractivity contribution in [2.75, 3.05) is 6.61 Å². The predicted molar refractivity (Wildman–Crippen MR) is 31.2 cm³/mol. The van der Waals surface area contributed by atoms with Crippen molar-refractivity contribution < 1.29 is 27.2 Å². The van der Waals surface area contributed by atoms with Gasteiger partial charge in [0.15, 0.2) is 0 Å². The van der Waals surface area contributed by atoms with E-state index in [1.165, 1.54) is 0 Å². The van der Waals surface area contributed by atoms with Gasteiger partial charge in [-0.3, -0.25) is 0 Å². The van der Waals surface area contributed by atoms with Crippen molar-refractivity contribution in [3.63, 3.8) is 0 Å². The molecule has 0 rings (SSSR count). The summed E-state index contributed by atoms with van der Waals surface area (Å²) in [5.41, 5.74) is -0.0681. The van der Waals surface area contributed by atoms with Crippen molar-refractivity contribution in [1.29, 1.82) is 0 Å². The molecule has 0 spiro atoms. The Morgan fingerprint density at radius 1 is 1.44 bits per heavy atom. The number of rotatable bonds is 3. The Balaban J connectivity index is 3.17. The van der Waals surface area contributed by atoms with Crippen LogP contribution in [0.2, 0.25) is 4.73 Å². The van der Waals surface area contributed by atoms with Crippen LogP contribution in [0.4, 0.5) is 0 Å². The maximum absolute atomic E-state index is 10.1. The Morgan fingerprint density at radius 3 is 2.33 bits per heavy atom. The van der Waals surface area contributed by atoms with Crippen molar-refractivity contribution in [2.45, 2.75) is 31.1 Å². The fourth-order valence-corrected chi connectivity index (χ4v) is 0.688. The fraction of sp³-hybridized carbons (Fsp3) is 1.00. The zero-order valence-corrected chi connectivity index (χ0v) is 7.79. The molecule has 0 saturated heterocycles. The van der Waals surface area contributed by atoms with Gasteiger partial charge in [-0.25, -0.2) is 0 Å². The Kier molecular flexibility index (Phi) is 4.54. The van der Waals surface area contributed by atoms with E-state index < -0.39 is 19.1 Å². The Hall–Kier alpha value is 0.474. The van der Waals surface area contributed by atoms with Crippen molar-refractivity contribution in [3.8, 4) is 0 Å². The van der Waals surface area contributed by atoms with Gasteiger partial charge in [-0.1, -0.05) is 0 Å². The molecule has 0 aromatic carbocycles. The SMILES string of the molecule is CC(C)(C)OC[CH2][Ti]=[O]. The van der Waals surface area contributed by atoms with Crippen molar-refractivity contribution >= 4 is 0 Å². The Labute approximate surface area is 65.2 Å². The molecule has 0 atom stereocenters. The van der Waals surface area contributed by atoms with Gasteiger partial charge in [0.25, 0.3) is 0 Å². The van der Waals surface area contributed by atoms with E-state index in [0.717, 1.165) is 4.73 Å². The molecule has 0 aliphatic rings. The van der Waals surface area contributed by atoms with Crippen LogP contribution in [-0.4, -0.2) is 12.2 Å². The van der Waals surface area contributed by atoms with E-state index >= 15 is 0 Å². The van der Waals surface area contributed by atoms with Gasteiger partial charge in [0, 0.05) is 0 Å². The van der Waals surface area contributed by atoms with Crippen LogP contribution in [-0.2, 0) is 27.2 Å². The molecule has 0 radical (unpaired) electrons. The van der Waals surface area contributed by atoms with Crippen molar-refractivity contribution in [2.24, 2.45) is 0 Å². The van der Waals surface area contributed by atoms with Gasteiger partial charge < -0.3 is 0 Å². The molecule has 53 valence electrons. The molecule has 0 aliphatic carbocycles. The third-order valence-electron chi connectivity index (χ3n) is 0.739. The second-order valence-corrected chi connectivity index (χ2v) is 4.09. The summed E-state index contributed by atoms with van der Waals surface area (Å²) in [6.07, 6.45) is 0. The van der Waals surface area contributed by atoms with Crippen LogP contribution in [0.15, 0.2) is 0 Å². The van der Waals surface area contributed by atoms with Crippen LogP contribution < -0.4 is 0 Å². The van der Waals surface area contributed by atoms with E-state index in [4.69, 9.17) is 4.74 Å². The monoisotopic (exact) mass is 165 g/mol. The van der Waals surface area contributed by atoms with E-state index in [-0.39, 0.29) is 5.60 Å². The second-order valence-electron chi connectivity index (χ2n) is 2.86. The molecule has 0 aromatic rings. The van der Waals surface area contributed by atoms with Crippen LogP contribution >= 0.6 is 0 Å². The molecule has 9 heavy (non-hydrogen) atoms. The van der Waals surface area contributed by atoms with Crippen LogP contribution in [0.25, 0.3) is 0 Å². The molecule has 0 heterocycles. The molecule has 0 saturated carbocycles. The van der Waals surface area contributed by atoms with Gasteiger partial charge >= 0.3 is 64.9 Å². The molecular formula is C6H13O2Ti. The van der Waals surface area contributed by atoms with Crippen molar-refractivity contribution in [3.05, 3.63) is 0 Å². The van der Waals surface area contributed by atoms with Gasteiger partial charge in [-0.2, -0.15) is 0 Å². The normalized spacial score (nSPS) is 11.0. The summed E-state index contributed by atoms with van der Waals surface area (Å²) in [7, 11) is 0. The molecule has 0 bridgehead atoms. The maximum atomic E-state index is 10.1. The van der Waals surface area contributed by atoms with Crippen LogP contribution in [0.1, 0.15) is 20.8 Å². The van der Waals surface area contributed by atoms with Crippen molar-refractivity contribution in [1.82, 2.24) is 0 Å². The van der Waals surface area contributed by atoms with E-state index in [1.54, 1.807) is 0 Å². The quantitative estimate of drug-likeness (QED) is 0.469. The first-order chi connectivity index (χ1) is 4.06. The van der Waals surface area contributed by atoms with E-state index in [2.05, 4.69) is 0 Å². The van der Waals surface area contributed by atoms with E-state index in [9.17, 15) is 3.32 Å². The molecule has 0 fully saturated rings. The standard InChI is InChI=1S/C6H13O.O.Ti/c1-5-7-6(2,3)4;;/h1,5H2,2-4H3;;. The molecule has 3 heteroatoms. The van der Waals surface area contributed by atoms with Crippen LogP contribution in [0.3, 0.4) is 0 Å². The number of hydrogen-bond acceptors (Lipinski definition) is 2. The molecular weight excluding hydrogens is 152 g/mol. The summed E-state index contributed by atoms with van der Waals surface area (Å²) < 4.78 is 16.1. The first-order valence-electron chi connectivity index (χ1n) is 3.05. The minimum atomic E-state index is -0.930. The van der Waals surface area contributed by atoms with Crippen LogP contribution in [0.5, 0.6) is 0 Å². The molecule has 0 amide bonds. The Bertz CT molecular complexity index is 85.5. The molecule has 0 aliphatic heterocycles. The number of hydrogen-bond donors (Lipinski definition) is 0. The number of ether oxygens (including phenoxy) is 1. The zero-order chi connectivity index (χ0) is 7.33. The summed E-state index contributed by atoms with van der Waals surface area (Å²) in [5.74, 6) is 0. The summed E-state index contributed by atoms with van der Waals surface area (Å²) in [6.45, 7) is 6.64. The second kappa shape index (κ2) is 4.32. The summed E-state index contributed by atoms with van der Waals surface area (Å²) in [4.78, 5) is 0. The average Bonchev–Trinajstić information content (AvgIpc) is 1.63. The summed E-state index contributed by atoms with van der Waals surface area (Å²) in [6, 6.07) is 0. The third-order valence-corrected chi connectivity index (χ3v) is 1.38. The van der Waals surface area contributed by atoms with Gasteiger partial charge in [0.05, 0.1) is 0 Å². The van der Waals surface area contributed by atoms with Gasteiger partial charge in [0.2, 0.25) is 0 Å². The molecule has 2 nitrogen and oxygen atoms in total. The van der Waals surface area contributed by atoms with E-state index in [0.29, 0.717) is 6.61 Å².